The average molecular weight is 339 g/mol. The summed E-state index contributed by atoms with van der Waals surface area (Å²) in [6.45, 7) is 2.91. The first kappa shape index (κ1) is 17.6. The molecule has 126 valence electrons. The predicted molar refractivity (Wildman–Crippen MR) is 89.5 cm³/mol. The number of rotatable bonds is 6. The maximum atomic E-state index is 12.5. The van der Waals surface area contributed by atoms with Crippen molar-refractivity contribution >= 4 is 23.4 Å². The van der Waals surface area contributed by atoms with Crippen molar-refractivity contribution in [1.82, 2.24) is 10.2 Å². The Morgan fingerprint density at radius 2 is 2.22 bits per heavy atom. The standard InChI is InChI=1S/C17H23ClN2O3/c1-3-6-16(21)20-10-5-8-14(20)17(22)19-11-12-13(18)7-4-9-15(12)23-2/h4,7,9,14H,3,5-6,8,10-11H2,1-2H3,(H,19,22)/t14-/m0/s1. The van der Waals surface area contributed by atoms with Crippen LogP contribution < -0.4 is 10.1 Å². The first-order valence-electron chi connectivity index (χ1n) is 7.97. The van der Waals surface area contributed by atoms with Crippen LogP contribution in [0.5, 0.6) is 5.75 Å². The fourth-order valence-corrected chi connectivity index (χ4v) is 3.12. The van der Waals surface area contributed by atoms with Crippen molar-refractivity contribution in [1.29, 1.82) is 0 Å². The largest absolute Gasteiger partial charge is 0.496 e. The fourth-order valence-electron chi connectivity index (χ4n) is 2.89. The summed E-state index contributed by atoms with van der Waals surface area (Å²) in [5, 5.41) is 3.44. The van der Waals surface area contributed by atoms with Gasteiger partial charge in [-0.25, -0.2) is 0 Å². The van der Waals surface area contributed by atoms with Crippen molar-refractivity contribution in [3.8, 4) is 5.75 Å². The Kier molecular flexibility index (Phi) is 6.28. The van der Waals surface area contributed by atoms with E-state index in [2.05, 4.69) is 5.32 Å². The maximum absolute atomic E-state index is 12.5. The predicted octanol–water partition coefficient (Wildman–Crippen LogP) is 2.76. The Hall–Kier alpha value is -1.75. The van der Waals surface area contributed by atoms with E-state index < -0.39 is 0 Å². The summed E-state index contributed by atoms with van der Waals surface area (Å²) in [5.74, 6) is 0.567. The molecule has 5 nitrogen and oxygen atoms in total. The molecule has 1 aliphatic heterocycles. The van der Waals surface area contributed by atoms with E-state index in [1.54, 1.807) is 30.2 Å². The van der Waals surface area contributed by atoms with Crippen LogP contribution in [-0.2, 0) is 16.1 Å². The van der Waals surface area contributed by atoms with Crippen LogP contribution in [0.25, 0.3) is 0 Å². The van der Waals surface area contributed by atoms with Gasteiger partial charge in [-0.15, -0.1) is 0 Å². The van der Waals surface area contributed by atoms with Gasteiger partial charge in [-0.3, -0.25) is 9.59 Å². The van der Waals surface area contributed by atoms with Gasteiger partial charge in [0.05, 0.1) is 7.11 Å². The molecule has 0 saturated carbocycles. The van der Waals surface area contributed by atoms with Crippen molar-refractivity contribution in [2.45, 2.75) is 45.2 Å². The summed E-state index contributed by atoms with van der Waals surface area (Å²) in [4.78, 5) is 26.3. The third-order valence-electron chi connectivity index (χ3n) is 4.07. The molecule has 2 rings (SSSR count). The van der Waals surface area contributed by atoms with Gasteiger partial charge in [0.25, 0.3) is 0 Å². The molecule has 1 atom stereocenters. The van der Waals surface area contributed by atoms with Crippen LogP contribution in [0.3, 0.4) is 0 Å². The molecule has 23 heavy (non-hydrogen) atoms. The molecule has 1 fully saturated rings. The molecule has 0 spiro atoms. The molecular weight excluding hydrogens is 316 g/mol. The molecule has 1 N–H and O–H groups in total. The van der Waals surface area contributed by atoms with Crippen molar-refractivity contribution in [2.75, 3.05) is 13.7 Å². The van der Waals surface area contributed by atoms with E-state index in [0.29, 0.717) is 30.2 Å². The summed E-state index contributed by atoms with van der Waals surface area (Å²) in [6, 6.07) is 5.00. The summed E-state index contributed by atoms with van der Waals surface area (Å²) < 4.78 is 5.27. The zero-order chi connectivity index (χ0) is 16.8. The highest BCUT2D eigenvalue weighted by Crippen LogP contribution is 2.26. The lowest BCUT2D eigenvalue weighted by molar-refractivity contribution is -0.138. The molecule has 1 heterocycles. The third-order valence-corrected chi connectivity index (χ3v) is 4.43. The van der Waals surface area contributed by atoms with Crippen LogP contribution >= 0.6 is 11.6 Å². The fraction of sp³-hybridized carbons (Fsp3) is 0.529. The minimum absolute atomic E-state index is 0.0560. The lowest BCUT2D eigenvalue weighted by Crippen LogP contribution is -2.45. The highest BCUT2D eigenvalue weighted by Gasteiger charge is 2.33. The van der Waals surface area contributed by atoms with Gasteiger partial charge in [0.1, 0.15) is 11.8 Å². The number of nitrogens with one attached hydrogen (secondary N) is 1. The van der Waals surface area contributed by atoms with Crippen molar-refractivity contribution in [3.05, 3.63) is 28.8 Å². The molecule has 2 amide bonds. The van der Waals surface area contributed by atoms with Crippen LogP contribution in [-0.4, -0.2) is 36.4 Å². The van der Waals surface area contributed by atoms with Crippen molar-refractivity contribution in [2.24, 2.45) is 0 Å². The Balaban J connectivity index is 2.01. The molecular formula is C17H23ClN2O3. The van der Waals surface area contributed by atoms with Gasteiger partial charge in [0, 0.05) is 30.1 Å². The maximum Gasteiger partial charge on any atom is 0.243 e. The summed E-state index contributed by atoms with van der Waals surface area (Å²) in [5.41, 5.74) is 0.745. The molecule has 1 saturated heterocycles. The molecule has 0 bridgehead atoms. The second kappa shape index (κ2) is 8.20. The number of nitrogens with zero attached hydrogens (tertiary/aromatic N) is 1. The molecule has 0 aliphatic carbocycles. The topological polar surface area (TPSA) is 58.6 Å². The number of hydrogen-bond acceptors (Lipinski definition) is 3. The number of benzene rings is 1. The molecule has 1 aromatic carbocycles. The number of carbonyl (C=O) groups is 2. The first-order valence-corrected chi connectivity index (χ1v) is 8.34. The number of halogens is 1. The van der Waals surface area contributed by atoms with Crippen LogP contribution in [0, 0.1) is 0 Å². The van der Waals surface area contributed by atoms with Gasteiger partial charge in [-0.1, -0.05) is 24.6 Å². The van der Waals surface area contributed by atoms with E-state index in [0.717, 1.165) is 18.4 Å². The minimum atomic E-state index is -0.373. The average Bonchev–Trinajstić information content (AvgIpc) is 3.03. The van der Waals surface area contributed by atoms with E-state index >= 15 is 0 Å². The number of likely N-dealkylation sites (tertiary alicyclic amines) is 1. The number of amides is 2. The van der Waals surface area contributed by atoms with E-state index in [-0.39, 0.29) is 24.4 Å². The summed E-state index contributed by atoms with van der Waals surface area (Å²) in [7, 11) is 1.57. The SMILES string of the molecule is CCCC(=O)N1CCC[C@H]1C(=O)NCc1c(Cl)cccc1OC. The quantitative estimate of drug-likeness (QED) is 0.867. The van der Waals surface area contributed by atoms with Crippen LogP contribution in [0.1, 0.15) is 38.2 Å². The van der Waals surface area contributed by atoms with Gasteiger partial charge in [-0.2, -0.15) is 0 Å². The normalized spacial score (nSPS) is 17.2. The number of methoxy groups -OCH3 is 1. The second-order valence-corrected chi connectivity index (χ2v) is 6.04. The van der Waals surface area contributed by atoms with Gasteiger partial charge in [-0.05, 0) is 31.4 Å². The van der Waals surface area contributed by atoms with Gasteiger partial charge in [0.2, 0.25) is 11.8 Å². The van der Waals surface area contributed by atoms with Crippen molar-refractivity contribution in [3.63, 3.8) is 0 Å². The second-order valence-electron chi connectivity index (χ2n) is 5.63. The lowest BCUT2D eigenvalue weighted by atomic mass is 10.1. The molecule has 0 aromatic heterocycles. The monoisotopic (exact) mass is 338 g/mol. The molecule has 1 aliphatic rings. The lowest BCUT2D eigenvalue weighted by Gasteiger charge is -2.24. The van der Waals surface area contributed by atoms with Crippen LogP contribution in [0.2, 0.25) is 5.02 Å². The Morgan fingerprint density at radius 3 is 2.91 bits per heavy atom. The molecule has 1 aromatic rings. The highest BCUT2D eigenvalue weighted by molar-refractivity contribution is 6.31. The van der Waals surface area contributed by atoms with E-state index in [1.807, 2.05) is 6.92 Å². The number of hydrogen-bond donors (Lipinski definition) is 1. The van der Waals surface area contributed by atoms with Crippen LogP contribution in [0.15, 0.2) is 18.2 Å². The third kappa shape index (κ3) is 4.16. The zero-order valence-corrected chi connectivity index (χ0v) is 14.4. The Labute approximate surface area is 141 Å². The number of carbonyl (C=O) groups excluding carboxylic acids is 2. The van der Waals surface area contributed by atoms with Crippen molar-refractivity contribution < 1.29 is 14.3 Å². The van der Waals surface area contributed by atoms with E-state index in [1.165, 1.54) is 0 Å². The van der Waals surface area contributed by atoms with Gasteiger partial charge < -0.3 is 15.0 Å². The molecule has 0 radical (unpaired) electrons. The smallest absolute Gasteiger partial charge is 0.243 e. The zero-order valence-electron chi connectivity index (χ0n) is 13.6. The van der Waals surface area contributed by atoms with Gasteiger partial charge >= 0.3 is 0 Å². The minimum Gasteiger partial charge on any atom is -0.496 e. The molecule has 6 heteroatoms. The highest BCUT2D eigenvalue weighted by atomic mass is 35.5. The van der Waals surface area contributed by atoms with Gasteiger partial charge in [0.15, 0.2) is 0 Å². The Bertz CT molecular complexity index is 577. The number of ether oxygens (including phenoxy) is 1. The first-order chi connectivity index (χ1) is 11.1. The molecule has 0 unspecified atom stereocenters. The van der Waals surface area contributed by atoms with E-state index in [4.69, 9.17) is 16.3 Å². The van der Waals surface area contributed by atoms with E-state index in [9.17, 15) is 9.59 Å². The summed E-state index contributed by atoms with van der Waals surface area (Å²) in [6.07, 6.45) is 2.85. The Morgan fingerprint density at radius 1 is 1.43 bits per heavy atom. The van der Waals surface area contributed by atoms with Crippen LogP contribution in [0.4, 0.5) is 0 Å². The summed E-state index contributed by atoms with van der Waals surface area (Å²) >= 11 is 6.18.